The highest BCUT2D eigenvalue weighted by Crippen LogP contribution is 2.31. The Labute approximate surface area is 304 Å². The first-order valence-corrected chi connectivity index (χ1v) is 20.1. The van der Waals surface area contributed by atoms with Crippen molar-refractivity contribution in [3.63, 3.8) is 0 Å². The number of ether oxygens (including phenoxy) is 3. The molecule has 2 aromatic heterocycles. The van der Waals surface area contributed by atoms with Gasteiger partial charge in [-0.05, 0) is 81.4 Å². The highest BCUT2D eigenvalue weighted by atomic mass is 32.1. The number of aromatic nitrogens is 1. The Hall–Kier alpha value is -3.36. The summed E-state index contributed by atoms with van der Waals surface area (Å²) in [5.41, 5.74) is 1.64. The van der Waals surface area contributed by atoms with Crippen molar-refractivity contribution in [2.75, 3.05) is 51.0 Å². The topological polar surface area (TPSA) is 64.1 Å². The van der Waals surface area contributed by atoms with Crippen molar-refractivity contribution in [2.45, 2.75) is 104 Å². The number of hydrogen-bond donors (Lipinski definition) is 0. The molecule has 1 aliphatic rings. The molecule has 0 unspecified atom stereocenters. The van der Waals surface area contributed by atoms with Gasteiger partial charge in [0.2, 0.25) is 12.7 Å². The van der Waals surface area contributed by atoms with E-state index in [0.29, 0.717) is 12.5 Å². The van der Waals surface area contributed by atoms with E-state index in [0.717, 1.165) is 75.1 Å². The van der Waals surface area contributed by atoms with Crippen LogP contribution in [0.1, 0.15) is 104 Å². The van der Waals surface area contributed by atoms with E-state index in [4.69, 9.17) is 14.2 Å². The standard InChI is InChI=1S/C42H59N3O4S/c1-4-5-6-7-8-9-10-11-12-13-24-42(2,3)41(46)49-33-48-40-22-20-34-19-21-35(32-37(34)43-40)47-30-15-14-25-44-26-28-45(29-27-44)38-17-16-18-39-36(38)23-31-50-39/h16-23,31-32H,4-15,24-30,33H2,1-3H3. The summed E-state index contributed by atoms with van der Waals surface area (Å²) in [5, 5.41) is 4.58. The summed E-state index contributed by atoms with van der Waals surface area (Å²) in [6.07, 6.45) is 15.8. The second kappa shape index (κ2) is 19.9. The lowest BCUT2D eigenvalue weighted by molar-refractivity contribution is -0.161. The van der Waals surface area contributed by atoms with Crippen molar-refractivity contribution in [2.24, 2.45) is 5.41 Å². The predicted molar refractivity (Wildman–Crippen MR) is 209 cm³/mol. The van der Waals surface area contributed by atoms with Crippen LogP contribution in [-0.2, 0) is 9.53 Å². The van der Waals surface area contributed by atoms with Gasteiger partial charge >= 0.3 is 5.97 Å². The molecule has 4 aromatic rings. The molecule has 5 rings (SSSR count). The molecule has 0 atom stereocenters. The normalized spacial score (nSPS) is 14.0. The van der Waals surface area contributed by atoms with Gasteiger partial charge in [-0.2, -0.15) is 0 Å². The van der Waals surface area contributed by atoms with Crippen LogP contribution >= 0.6 is 11.3 Å². The fraction of sp³-hybridized carbons (Fsp3) is 0.571. The first-order chi connectivity index (χ1) is 24.4. The van der Waals surface area contributed by atoms with Crippen LogP contribution in [0.2, 0.25) is 0 Å². The maximum atomic E-state index is 12.8. The van der Waals surface area contributed by atoms with E-state index in [1.54, 1.807) is 0 Å². The third-order valence-corrected chi connectivity index (χ3v) is 10.9. The van der Waals surface area contributed by atoms with Crippen molar-refractivity contribution in [1.82, 2.24) is 9.88 Å². The van der Waals surface area contributed by atoms with Gasteiger partial charge in [-0.25, -0.2) is 4.98 Å². The Morgan fingerprint density at radius 1 is 0.820 bits per heavy atom. The molecule has 3 heterocycles. The molecule has 0 aliphatic carbocycles. The Morgan fingerprint density at radius 3 is 2.34 bits per heavy atom. The van der Waals surface area contributed by atoms with E-state index in [1.807, 2.05) is 55.5 Å². The number of rotatable bonds is 22. The second-order valence-corrected chi connectivity index (χ2v) is 15.5. The number of nitrogens with zero attached hydrogens (tertiary/aromatic N) is 3. The number of esters is 1. The van der Waals surface area contributed by atoms with E-state index < -0.39 is 5.41 Å². The number of piperazine rings is 1. The van der Waals surface area contributed by atoms with Crippen molar-refractivity contribution >= 4 is 44.0 Å². The van der Waals surface area contributed by atoms with E-state index in [2.05, 4.69) is 51.4 Å². The van der Waals surface area contributed by atoms with Crippen molar-refractivity contribution < 1.29 is 19.0 Å². The monoisotopic (exact) mass is 701 g/mol. The van der Waals surface area contributed by atoms with Crippen molar-refractivity contribution in [1.29, 1.82) is 0 Å². The second-order valence-electron chi connectivity index (χ2n) is 14.5. The number of thiophene rings is 1. The third kappa shape index (κ3) is 11.6. The Morgan fingerprint density at radius 2 is 1.56 bits per heavy atom. The first-order valence-electron chi connectivity index (χ1n) is 19.2. The highest BCUT2D eigenvalue weighted by Gasteiger charge is 2.29. The summed E-state index contributed by atoms with van der Waals surface area (Å²) in [6, 6.07) is 18.7. The molecule has 272 valence electrons. The summed E-state index contributed by atoms with van der Waals surface area (Å²) in [6.45, 7) is 12.2. The van der Waals surface area contributed by atoms with Crippen LogP contribution in [0.25, 0.3) is 21.0 Å². The predicted octanol–water partition coefficient (Wildman–Crippen LogP) is 10.6. The van der Waals surface area contributed by atoms with Crippen LogP contribution in [0.3, 0.4) is 0 Å². The number of hydrogen-bond acceptors (Lipinski definition) is 8. The average molecular weight is 702 g/mol. The molecule has 0 radical (unpaired) electrons. The zero-order chi connectivity index (χ0) is 35.0. The average Bonchev–Trinajstić information content (AvgIpc) is 3.62. The van der Waals surface area contributed by atoms with Crippen LogP contribution in [-0.4, -0.2) is 62.0 Å². The minimum Gasteiger partial charge on any atom is -0.494 e. The van der Waals surface area contributed by atoms with Gasteiger partial charge in [-0.1, -0.05) is 77.2 Å². The molecule has 8 heteroatoms. The molecule has 50 heavy (non-hydrogen) atoms. The molecule has 0 saturated carbocycles. The van der Waals surface area contributed by atoms with E-state index in [-0.39, 0.29) is 12.8 Å². The molecule has 1 aliphatic heterocycles. The summed E-state index contributed by atoms with van der Waals surface area (Å²) in [5.74, 6) is 1.01. The zero-order valence-corrected chi connectivity index (χ0v) is 31.6. The number of pyridine rings is 1. The molecule has 0 bridgehead atoms. The lowest BCUT2D eigenvalue weighted by atomic mass is 9.87. The molecular weight excluding hydrogens is 643 g/mol. The van der Waals surface area contributed by atoms with E-state index >= 15 is 0 Å². The molecule has 0 spiro atoms. The molecule has 0 amide bonds. The number of benzene rings is 2. The summed E-state index contributed by atoms with van der Waals surface area (Å²) < 4.78 is 18.7. The molecule has 1 fully saturated rings. The lowest BCUT2D eigenvalue weighted by Gasteiger charge is -2.36. The Kier molecular flexibility index (Phi) is 15.1. The molecule has 2 aromatic carbocycles. The lowest BCUT2D eigenvalue weighted by Crippen LogP contribution is -2.46. The summed E-state index contributed by atoms with van der Waals surface area (Å²) in [7, 11) is 0. The van der Waals surface area contributed by atoms with Crippen molar-refractivity contribution in [3.8, 4) is 11.6 Å². The SMILES string of the molecule is CCCCCCCCCCCCC(C)(C)C(=O)OCOc1ccc2ccc(OCCCCN3CCN(c4cccc5sccc45)CC3)cc2n1. The number of unbranched alkanes of at least 4 members (excludes halogenated alkanes) is 10. The molecule has 1 saturated heterocycles. The minimum absolute atomic E-state index is 0.144. The minimum atomic E-state index is -0.527. The number of anilines is 1. The van der Waals surface area contributed by atoms with Gasteiger partial charge < -0.3 is 19.1 Å². The molecular formula is C42H59N3O4S. The maximum Gasteiger partial charge on any atom is 0.314 e. The van der Waals surface area contributed by atoms with E-state index in [1.165, 1.54) is 73.6 Å². The number of carbonyl (C=O) groups is 1. The van der Waals surface area contributed by atoms with Crippen molar-refractivity contribution in [3.05, 3.63) is 60.0 Å². The first kappa shape index (κ1) is 37.9. The quantitative estimate of drug-likeness (QED) is 0.0459. The van der Waals surface area contributed by atoms with Crippen LogP contribution in [0, 0.1) is 5.41 Å². The van der Waals surface area contributed by atoms with Crippen LogP contribution in [0.15, 0.2) is 60.0 Å². The summed E-state index contributed by atoms with van der Waals surface area (Å²) >= 11 is 1.82. The van der Waals surface area contributed by atoms with Gasteiger partial charge in [-0.3, -0.25) is 9.69 Å². The van der Waals surface area contributed by atoms with Gasteiger partial charge in [0, 0.05) is 59.5 Å². The van der Waals surface area contributed by atoms with Gasteiger partial charge in [-0.15, -0.1) is 11.3 Å². The molecule has 7 nitrogen and oxygen atoms in total. The fourth-order valence-electron chi connectivity index (χ4n) is 6.84. The molecule has 0 N–H and O–H groups in total. The highest BCUT2D eigenvalue weighted by molar-refractivity contribution is 7.17. The van der Waals surface area contributed by atoms with Crippen LogP contribution in [0.5, 0.6) is 11.6 Å². The number of fused-ring (bicyclic) bond motifs is 2. The third-order valence-electron chi connectivity index (χ3n) is 10.1. The van der Waals surface area contributed by atoms with Crippen LogP contribution < -0.4 is 14.4 Å². The van der Waals surface area contributed by atoms with E-state index in [9.17, 15) is 4.79 Å². The van der Waals surface area contributed by atoms with Gasteiger partial charge in [0.05, 0.1) is 17.5 Å². The number of carbonyl (C=O) groups excluding carboxylic acids is 1. The zero-order valence-electron chi connectivity index (χ0n) is 30.8. The van der Waals surface area contributed by atoms with Crippen LogP contribution in [0.4, 0.5) is 5.69 Å². The maximum absolute atomic E-state index is 12.8. The van der Waals surface area contributed by atoms with Gasteiger partial charge in [0.15, 0.2) is 0 Å². The Bertz CT molecular complexity index is 1600. The smallest absolute Gasteiger partial charge is 0.314 e. The Balaban J connectivity index is 0.947. The van der Waals surface area contributed by atoms with Gasteiger partial charge in [0.25, 0.3) is 0 Å². The van der Waals surface area contributed by atoms with Gasteiger partial charge in [0.1, 0.15) is 5.75 Å². The summed E-state index contributed by atoms with van der Waals surface area (Å²) in [4.78, 5) is 22.5. The fourth-order valence-corrected chi connectivity index (χ4v) is 7.64. The largest absolute Gasteiger partial charge is 0.494 e.